The van der Waals surface area contributed by atoms with Crippen molar-refractivity contribution in [1.29, 1.82) is 0 Å². The van der Waals surface area contributed by atoms with E-state index in [0.717, 1.165) is 15.5 Å². The van der Waals surface area contributed by atoms with Crippen LogP contribution >= 0.6 is 0 Å². The van der Waals surface area contributed by atoms with Crippen molar-refractivity contribution in [3.63, 3.8) is 0 Å². The summed E-state index contributed by atoms with van der Waals surface area (Å²) in [5, 5.41) is 4.88. The minimum atomic E-state index is -1.59. The van der Waals surface area contributed by atoms with Gasteiger partial charge in [0.15, 0.2) is 11.3 Å². The maximum Gasteiger partial charge on any atom is 0.355 e. The van der Waals surface area contributed by atoms with Crippen LogP contribution in [0.2, 0.25) is 0 Å². The topological polar surface area (TPSA) is 96.3 Å². The Morgan fingerprint density at radius 2 is 2.00 bits per heavy atom. The highest BCUT2D eigenvalue weighted by Gasteiger charge is 2.67. The number of hydrazone groups is 1. The molecule has 2 atom stereocenters. The molecule has 3 amide bonds. The number of nitrogens with zero attached hydrogens (tertiary/aromatic N) is 3. The van der Waals surface area contributed by atoms with Crippen LogP contribution in [0.25, 0.3) is 0 Å². The molecule has 0 N–H and O–H groups in total. The fraction of sp³-hybridized carbons (Fsp3) is 0.389. The Morgan fingerprint density at radius 1 is 1.31 bits per heavy atom. The minimum Gasteiger partial charge on any atom is -0.461 e. The number of benzene rings is 1. The Bertz CT molecular complexity index is 862. The van der Waals surface area contributed by atoms with Gasteiger partial charge in [-0.3, -0.25) is 14.4 Å². The van der Waals surface area contributed by atoms with Gasteiger partial charge < -0.3 is 4.74 Å². The van der Waals surface area contributed by atoms with Crippen molar-refractivity contribution in [2.45, 2.75) is 33.2 Å². The Morgan fingerprint density at radius 3 is 2.58 bits per heavy atom. The molecular weight excluding hydrogens is 338 g/mol. The van der Waals surface area contributed by atoms with Gasteiger partial charge in [-0.15, -0.1) is 0 Å². The molecule has 2 aliphatic heterocycles. The van der Waals surface area contributed by atoms with Crippen LogP contribution in [0.4, 0.5) is 5.69 Å². The number of esters is 1. The van der Waals surface area contributed by atoms with Gasteiger partial charge in [0, 0.05) is 6.92 Å². The number of anilines is 1. The second kappa shape index (κ2) is 6.05. The van der Waals surface area contributed by atoms with E-state index >= 15 is 0 Å². The van der Waals surface area contributed by atoms with Crippen molar-refractivity contribution >= 4 is 35.1 Å². The van der Waals surface area contributed by atoms with Gasteiger partial charge in [-0.2, -0.15) is 5.10 Å². The van der Waals surface area contributed by atoms with E-state index in [0.29, 0.717) is 5.69 Å². The summed E-state index contributed by atoms with van der Waals surface area (Å²) in [6.45, 7) is 6.23. The van der Waals surface area contributed by atoms with Gasteiger partial charge in [0.05, 0.1) is 12.3 Å². The van der Waals surface area contributed by atoms with Crippen LogP contribution in [0, 0.1) is 12.8 Å². The second-order valence-electron chi connectivity index (χ2n) is 6.43. The lowest BCUT2D eigenvalue weighted by molar-refractivity contribution is -0.142. The number of aryl methyl sites for hydroxylation is 1. The zero-order valence-electron chi connectivity index (χ0n) is 15.0. The van der Waals surface area contributed by atoms with Crippen LogP contribution in [-0.2, 0) is 23.9 Å². The lowest BCUT2D eigenvalue weighted by atomic mass is 9.85. The second-order valence-corrected chi connectivity index (χ2v) is 6.43. The number of fused-ring (bicyclic) bond motifs is 1. The minimum absolute atomic E-state index is 0.0884. The summed E-state index contributed by atoms with van der Waals surface area (Å²) >= 11 is 0. The third kappa shape index (κ3) is 2.33. The van der Waals surface area contributed by atoms with Gasteiger partial charge in [0.25, 0.3) is 5.91 Å². The fourth-order valence-corrected chi connectivity index (χ4v) is 3.46. The Hall–Kier alpha value is -3.03. The van der Waals surface area contributed by atoms with E-state index in [4.69, 9.17) is 4.74 Å². The van der Waals surface area contributed by atoms with Gasteiger partial charge in [-0.05, 0) is 38.5 Å². The third-order valence-electron chi connectivity index (χ3n) is 4.63. The lowest BCUT2D eigenvalue weighted by Crippen LogP contribution is -2.52. The molecule has 0 bridgehead atoms. The van der Waals surface area contributed by atoms with Crippen LogP contribution in [-0.4, -0.2) is 46.6 Å². The van der Waals surface area contributed by atoms with Gasteiger partial charge in [-0.1, -0.05) is 12.1 Å². The summed E-state index contributed by atoms with van der Waals surface area (Å²) in [6, 6.07) is 6.89. The van der Waals surface area contributed by atoms with Crippen molar-refractivity contribution in [2.75, 3.05) is 11.5 Å². The summed E-state index contributed by atoms with van der Waals surface area (Å²) in [5.74, 6) is -3.74. The average molecular weight is 357 g/mol. The predicted molar refractivity (Wildman–Crippen MR) is 92.2 cm³/mol. The number of hydrogen-bond donors (Lipinski definition) is 0. The first-order valence-corrected chi connectivity index (χ1v) is 8.25. The van der Waals surface area contributed by atoms with Crippen molar-refractivity contribution in [3.05, 3.63) is 29.8 Å². The molecule has 3 rings (SSSR count). The molecule has 0 aliphatic carbocycles. The summed E-state index contributed by atoms with van der Waals surface area (Å²) in [6.07, 6.45) is 0. The Labute approximate surface area is 150 Å². The van der Waals surface area contributed by atoms with E-state index in [1.165, 1.54) is 13.8 Å². The van der Waals surface area contributed by atoms with Gasteiger partial charge in [0.2, 0.25) is 11.8 Å². The molecule has 1 aromatic rings. The number of amides is 3. The van der Waals surface area contributed by atoms with Crippen LogP contribution in [0.3, 0.4) is 0 Å². The summed E-state index contributed by atoms with van der Waals surface area (Å²) < 4.78 is 4.96. The molecule has 0 radical (unpaired) electrons. The molecule has 26 heavy (non-hydrogen) atoms. The number of carbonyl (C=O) groups excluding carboxylic acids is 4. The Balaban J connectivity index is 2.12. The standard InChI is InChI=1S/C18H19N3O5/c1-5-26-16(24)14-13-15(23)20(12-8-6-7-10(2)9-12)17(25)18(13,4)21(19-14)11(3)22/h6-9,13H,5H2,1-4H3. The monoisotopic (exact) mass is 357 g/mol. The molecule has 0 saturated carbocycles. The summed E-state index contributed by atoms with van der Waals surface area (Å²) in [5.41, 5.74) is -0.553. The number of ether oxygens (including phenoxy) is 1. The normalized spacial score (nSPS) is 24.6. The molecule has 0 aromatic heterocycles. The smallest absolute Gasteiger partial charge is 0.355 e. The number of imide groups is 1. The van der Waals surface area contributed by atoms with E-state index in [9.17, 15) is 19.2 Å². The first-order chi connectivity index (χ1) is 12.2. The molecule has 2 unspecified atom stereocenters. The van der Waals surface area contributed by atoms with Crippen LogP contribution in [0.5, 0.6) is 0 Å². The number of rotatable bonds is 3. The zero-order valence-corrected chi connectivity index (χ0v) is 15.0. The van der Waals surface area contributed by atoms with E-state index in [2.05, 4.69) is 5.10 Å². The maximum absolute atomic E-state index is 13.2. The van der Waals surface area contributed by atoms with Gasteiger partial charge in [-0.25, -0.2) is 14.7 Å². The number of carbonyl (C=O) groups is 4. The highest BCUT2D eigenvalue weighted by Crippen LogP contribution is 2.43. The Kier molecular flexibility index (Phi) is 4.14. The molecule has 0 spiro atoms. The molecule has 136 valence electrons. The van der Waals surface area contributed by atoms with E-state index in [-0.39, 0.29) is 12.3 Å². The van der Waals surface area contributed by atoms with E-state index < -0.39 is 35.1 Å². The summed E-state index contributed by atoms with van der Waals surface area (Å²) in [4.78, 5) is 51.6. The van der Waals surface area contributed by atoms with Gasteiger partial charge >= 0.3 is 5.97 Å². The van der Waals surface area contributed by atoms with Crippen molar-refractivity contribution < 1.29 is 23.9 Å². The van der Waals surface area contributed by atoms with Crippen molar-refractivity contribution in [3.8, 4) is 0 Å². The van der Waals surface area contributed by atoms with E-state index in [1.807, 2.05) is 13.0 Å². The first kappa shape index (κ1) is 17.8. The fourth-order valence-electron chi connectivity index (χ4n) is 3.46. The molecule has 2 heterocycles. The molecule has 1 fully saturated rings. The summed E-state index contributed by atoms with van der Waals surface area (Å²) in [7, 11) is 0. The van der Waals surface area contributed by atoms with Crippen molar-refractivity contribution in [2.24, 2.45) is 11.0 Å². The first-order valence-electron chi connectivity index (χ1n) is 8.25. The quantitative estimate of drug-likeness (QED) is 0.594. The molecule has 8 nitrogen and oxygen atoms in total. The zero-order chi connectivity index (χ0) is 19.2. The SMILES string of the molecule is CCOC(=O)C1=NN(C(C)=O)C2(C)C(=O)N(c3cccc(C)c3)C(=O)C12. The third-order valence-corrected chi connectivity index (χ3v) is 4.63. The van der Waals surface area contributed by atoms with E-state index in [1.54, 1.807) is 25.1 Å². The molecule has 2 aliphatic rings. The molecular formula is C18H19N3O5. The number of hydrogen-bond acceptors (Lipinski definition) is 6. The van der Waals surface area contributed by atoms with Crippen LogP contribution in [0.1, 0.15) is 26.3 Å². The molecule has 1 saturated heterocycles. The van der Waals surface area contributed by atoms with Gasteiger partial charge in [0.1, 0.15) is 5.92 Å². The maximum atomic E-state index is 13.2. The lowest BCUT2D eigenvalue weighted by Gasteiger charge is -2.28. The largest absolute Gasteiger partial charge is 0.461 e. The highest BCUT2D eigenvalue weighted by atomic mass is 16.5. The molecule has 1 aromatic carbocycles. The van der Waals surface area contributed by atoms with Crippen LogP contribution in [0.15, 0.2) is 29.4 Å². The highest BCUT2D eigenvalue weighted by molar-refractivity contribution is 6.47. The predicted octanol–water partition coefficient (Wildman–Crippen LogP) is 1.02. The molecule has 8 heteroatoms. The van der Waals surface area contributed by atoms with Crippen LogP contribution < -0.4 is 4.90 Å². The van der Waals surface area contributed by atoms with Crippen molar-refractivity contribution in [1.82, 2.24) is 5.01 Å². The average Bonchev–Trinajstić information content (AvgIpc) is 2.99.